The Bertz CT molecular complexity index is 1060. The second-order valence-electron chi connectivity index (χ2n) is 7.64. The minimum atomic E-state index is -0.126. The minimum Gasteiger partial charge on any atom is -0.493 e. The number of nitrogens with zero attached hydrogens (tertiary/aromatic N) is 3. The maximum absolute atomic E-state index is 11.8. The fourth-order valence-electron chi connectivity index (χ4n) is 3.94. The van der Waals surface area contributed by atoms with E-state index in [0.717, 1.165) is 30.7 Å². The predicted octanol–water partition coefficient (Wildman–Crippen LogP) is 4.75. The lowest BCUT2D eigenvalue weighted by Crippen LogP contribution is -2.08. The maximum atomic E-state index is 11.8. The van der Waals surface area contributed by atoms with Crippen molar-refractivity contribution in [2.75, 3.05) is 19.8 Å². The van der Waals surface area contributed by atoms with Crippen LogP contribution < -0.4 is 9.47 Å². The molecule has 0 N–H and O–H groups in total. The molecule has 7 nitrogen and oxygen atoms in total. The molecule has 168 valence electrons. The third-order valence-electron chi connectivity index (χ3n) is 5.48. The van der Waals surface area contributed by atoms with Gasteiger partial charge in [0.2, 0.25) is 0 Å². The molecule has 0 radical (unpaired) electrons. The van der Waals surface area contributed by atoms with E-state index in [1.807, 2.05) is 31.2 Å². The minimum absolute atomic E-state index is 0.126. The third-order valence-corrected chi connectivity index (χ3v) is 5.78. The van der Waals surface area contributed by atoms with Gasteiger partial charge in [-0.3, -0.25) is 9.36 Å². The van der Waals surface area contributed by atoms with E-state index >= 15 is 0 Å². The standard InChI is InChI=1S/C24H26ClN3O4/c1-2-30-24(29)13-18-5-4-17-12-20(7-8-21(17)18)31-10-3-11-32-23-9-6-19(14-22(23)25)28-15-26-27-16-28/h6-9,12,14-16,18H,2-5,10-11,13H2,1H3/t18-/m0/s1. The highest BCUT2D eigenvalue weighted by Crippen LogP contribution is 2.37. The van der Waals surface area contributed by atoms with E-state index in [-0.39, 0.29) is 11.9 Å². The summed E-state index contributed by atoms with van der Waals surface area (Å²) in [4.78, 5) is 11.8. The number of rotatable bonds is 10. The zero-order valence-electron chi connectivity index (χ0n) is 18.0. The van der Waals surface area contributed by atoms with Crippen molar-refractivity contribution in [1.29, 1.82) is 0 Å². The highest BCUT2D eigenvalue weighted by Gasteiger charge is 2.25. The molecular weight excluding hydrogens is 430 g/mol. The van der Waals surface area contributed by atoms with Gasteiger partial charge in [-0.15, -0.1) is 10.2 Å². The second-order valence-corrected chi connectivity index (χ2v) is 8.05. The molecule has 0 unspecified atom stereocenters. The molecule has 0 saturated heterocycles. The van der Waals surface area contributed by atoms with Crippen LogP contribution in [0.2, 0.25) is 5.02 Å². The van der Waals surface area contributed by atoms with Gasteiger partial charge in [-0.05, 0) is 67.1 Å². The fourth-order valence-corrected chi connectivity index (χ4v) is 4.17. The first kappa shape index (κ1) is 22.1. The maximum Gasteiger partial charge on any atom is 0.306 e. The van der Waals surface area contributed by atoms with Crippen LogP contribution in [0.4, 0.5) is 0 Å². The summed E-state index contributed by atoms with van der Waals surface area (Å²) < 4.78 is 18.6. The van der Waals surface area contributed by atoms with Crippen LogP contribution in [0.15, 0.2) is 49.1 Å². The number of hydrogen-bond acceptors (Lipinski definition) is 6. The number of fused-ring (bicyclic) bond motifs is 1. The van der Waals surface area contributed by atoms with Gasteiger partial charge in [0.15, 0.2) is 0 Å². The van der Waals surface area contributed by atoms with Crippen LogP contribution in [-0.4, -0.2) is 40.6 Å². The van der Waals surface area contributed by atoms with Crippen molar-refractivity contribution in [3.63, 3.8) is 0 Å². The molecule has 4 rings (SSSR count). The number of aromatic nitrogens is 3. The fraction of sp³-hybridized carbons (Fsp3) is 0.375. The Hall–Kier alpha value is -3.06. The topological polar surface area (TPSA) is 75.5 Å². The summed E-state index contributed by atoms with van der Waals surface area (Å²) in [7, 11) is 0. The summed E-state index contributed by atoms with van der Waals surface area (Å²) in [6, 6.07) is 11.7. The van der Waals surface area contributed by atoms with E-state index in [0.29, 0.717) is 37.0 Å². The molecule has 32 heavy (non-hydrogen) atoms. The number of ether oxygens (including phenoxy) is 3. The number of halogens is 1. The summed E-state index contributed by atoms with van der Waals surface area (Å²) >= 11 is 6.33. The zero-order chi connectivity index (χ0) is 22.3. The summed E-state index contributed by atoms with van der Waals surface area (Å²) in [5.74, 6) is 1.59. The Labute approximate surface area is 192 Å². The van der Waals surface area contributed by atoms with E-state index in [4.69, 9.17) is 25.8 Å². The largest absolute Gasteiger partial charge is 0.493 e. The van der Waals surface area contributed by atoms with Crippen molar-refractivity contribution < 1.29 is 19.0 Å². The Morgan fingerprint density at radius 1 is 1.12 bits per heavy atom. The molecule has 0 aliphatic heterocycles. The van der Waals surface area contributed by atoms with Crippen LogP contribution in [0, 0.1) is 0 Å². The third kappa shape index (κ3) is 5.40. The van der Waals surface area contributed by atoms with Gasteiger partial charge in [-0.25, -0.2) is 0 Å². The van der Waals surface area contributed by atoms with Crippen molar-refractivity contribution in [2.45, 2.75) is 38.5 Å². The molecule has 1 aliphatic carbocycles. The number of aryl methyl sites for hydroxylation is 1. The van der Waals surface area contributed by atoms with E-state index in [9.17, 15) is 4.79 Å². The average Bonchev–Trinajstić information content (AvgIpc) is 3.45. The molecule has 1 aliphatic rings. The SMILES string of the molecule is CCOC(=O)C[C@@H]1CCc2cc(OCCCOc3ccc(-n4cnnc4)cc3Cl)ccc21. The van der Waals surface area contributed by atoms with Crippen LogP contribution in [-0.2, 0) is 16.0 Å². The van der Waals surface area contributed by atoms with Gasteiger partial charge in [-0.2, -0.15) is 0 Å². The molecule has 0 fully saturated rings. The molecule has 3 aromatic rings. The Balaban J connectivity index is 1.22. The van der Waals surface area contributed by atoms with Crippen LogP contribution >= 0.6 is 11.6 Å². The first-order valence-corrected chi connectivity index (χ1v) is 11.2. The summed E-state index contributed by atoms with van der Waals surface area (Å²) in [5.41, 5.74) is 3.36. The lowest BCUT2D eigenvalue weighted by molar-refractivity contribution is -0.143. The number of carbonyl (C=O) groups excluding carboxylic acids is 1. The van der Waals surface area contributed by atoms with Crippen molar-refractivity contribution in [1.82, 2.24) is 14.8 Å². The molecule has 8 heteroatoms. The quantitative estimate of drug-likeness (QED) is 0.324. The highest BCUT2D eigenvalue weighted by molar-refractivity contribution is 6.32. The highest BCUT2D eigenvalue weighted by atomic mass is 35.5. The molecule has 1 heterocycles. The van der Waals surface area contributed by atoms with Crippen LogP contribution in [0.1, 0.15) is 43.2 Å². The van der Waals surface area contributed by atoms with E-state index < -0.39 is 0 Å². The summed E-state index contributed by atoms with van der Waals surface area (Å²) in [6.07, 6.45) is 6.34. The zero-order valence-corrected chi connectivity index (χ0v) is 18.8. The van der Waals surface area contributed by atoms with Crippen molar-refractivity contribution in [2.24, 2.45) is 0 Å². The van der Waals surface area contributed by atoms with Gasteiger partial charge in [-0.1, -0.05) is 17.7 Å². The Kier molecular flexibility index (Phi) is 7.27. The summed E-state index contributed by atoms with van der Waals surface area (Å²) in [5, 5.41) is 8.12. The Morgan fingerprint density at radius 3 is 2.72 bits per heavy atom. The van der Waals surface area contributed by atoms with Crippen molar-refractivity contribution in [3.05, 3.63) is 65.2 Å². The normalized spacial score (nSPS) is 14.8. The second kappa shape index (κ2) is 10.5. The molecule has 0 amide bonds. The lowest BCUT2D eigenvalue weighted by Gasteiger charge is -2.13. The first-order valence-electron chi connectivity index (χ1n) is 10.8. The molecule has 0 bridgehead atoms. The van der Waals surface area contributed by atoms with Gasteiger partial charge >= 0.3 is 5.97 Å². The van der Waals surface area contributed by atoms with Crippen molar-refractivity contribution in [3.8, 4) is 17.2 Å². The van der Waals surface area contributed by atoms with Gasteiger partial charge in [0.05, 0.1) is 31.3 Å². The summed E-state index contributed by atoms with van der Waals surface area (Å²) in [6.45, 7) is 3.30. The van der Waals surface area contributed by atoms with Gasteiger partial charge in [0.1, 0.15) is 24.2 Å². The number of hydrogen-bond donors (Lipinski definition) is 0. The smallest absolute Gasteiger partial charge is 0.306 e. The molecule has 0 saturated carbocycles. The molecule has 2 aromatic carbocycles. The van der Waals surface area contributed by atoms with Crippen LogP contribution in [0.5, 0.6) is 11.5 Å². The van der Waals surface area contributed by atoms with Gasteiger partial charge in [0.25, 0.3) is 0 Å². The average molecular weight is 456 g/mol. The monoisotopic (exact) mass is 455 g/mol. The van der Waals surface area contributed by atoms with Gasteiger partial charge < -0.3 is 14.2 Å². The number of esters is 1. The molecular formula is C24H26ClN3O4. The van der Waals surface area contributed by atoms with E-state index in [2.05, 4.69) is 22.3 Å². The molecule has 0 spiro atoms. The van der Waals surface area contributed by atoms with Crippen molar-refractivity contribution >= 4 is 17.6 Å². The van der Waals surface area contributed by atoms with Crippen LogP contribution in [0.3, 0.4) is 0 Å². The number of carbonyl (C=O) groups is 1. The van der Waals surface area contributed by atoms with E-state index in [1.165, 1.54) is 11.1 Å². The number of benzene rings is 2. The molecule has 1 aromatic heterocycles. The Morgan fingerprint density at radius 2 is 1.94 bits per heavy atom. The molecule has 1 atom stereocenters. The van der Waals surface area contributed by atoms with Crippen LogP contribution in [0.25, 0.3) is 5.69 Å². The first-order chi connectivity index (χ1) is 15.6. The van der Waals surface area contributed by atoms with Gasteiger partial charge in [0, 0.05) is 12.1 Å². The lowest BCUT2D eigenvalue weighted by atomic mass is 9.98. The van der Waals surface area contributed by atoms with E-state index in [1.54, 1.807) is 17.2 Å². The predicted molar refractivity (Wildman–Crippen MR) is 121 cm³/mol.